The van der Waals surface area contributed by atoms with Crippen LogP contribution in [0.15, 0.2) is 18.3 Å². The van der Waals surface area contributed by atoms with E-state index in [1.807, 2.05) is 30.0 Å². The van der Waals surface area contributed by atoms with Crippen LogP contribution < -0.4 is 4.90 Å². The molecule has 5 heteroatoms. The Kier molecular flexibility index (Phi) is 3.92. The molecule has 5 nitrogen and oxygen atoms in total. The zero-order valence-electron chi connectivity index (χ0n) is 10.8. The minimum Gasteiger partial charge on any atom is -0.339 e. The van der Waals surface area contributed by atoms with Gasteiger partial charge in [0.15, 0.2) is 0 Å². The van der Waals surface area contributed by atoms with Crippen LogP contribution in [0.25, 0.3) is 6.08 Å². The van der Waals surface area contributed by atoms with Crippen molar-refractivity contribution in [1.82, 2.24) is 14.9 Å². The van der Waals surface area contributed by atoms with E-state index in [1.54, 1.807) is 13.1 Å². The van der Waals surface area contributed by atoms with Crippen LogP contribution in [-0.2, 0) is 4.79 Å². The second-order valence-corrected chi connectivity index (χ2v) is 4.27. The molecule has 0 saturated carbocycles. The number of anilines is 1. The summed E-state index contributed by atoms with van der Waals surface area (Å²) in [5, 5.41) is 0. The van der Waals surface area contributed by atoms with Gasteiger partial charge in [0.25, 0.3) is 0 Å². The topological polar surface area (TPSA) is 49.3 Å². The van der Waals surface area contributed by atoms with E-state index < -0.39 is 0 Å². The third-order valence-corrected chi connectivity index (χ3v) is 3.01. The van der Waals surface area contributed by atoms with Gasteiger partial charge in [0, 0.05) is 39.3 Å². The fourth-order valence-electron chi connectivity index (χ4n) is 2.00. The van der Waals surface area contributed by atoms with Crippen LogP contribution in [0.3, 0.4) is 0 Å². The molecule has 0 spiro atoms. The minimum absolute atomic E-state index is 0.137. The molecule has 0 unspecified atom stereocenters. The van der Waals surface area contributed by atoms with Gasteiger partial charge < -0.3 is 9.80 Å². The Balaban J connectivity index is 2.05. The first-order valence-electron chi connectivity index (χ1n) is 6.17. The Hall–Kier alpha value is -1.91. The van der Waals surface area contributed by atoms with Crippen molar-refractivity contribution < 1.29 is 4.79 Å². The van der Waals surface area contributed by atoms with E-state index in [0.29, 0.717) is 0 Å². The SMILES string of the molecule is C/C=C/c1ccnc(N2CCN(C(C)=O)CC2)n1. The third-order valence-electron chi connectivity index (χ3n) is 3.01. The smallest absolute Gasteiger partial charge is 0.225 e. The standard InChI is InChI=1S/C13H18N4O/c1-3-4-12-5-6-14-13(15-12)17-9-7-16(8-10-17)11(2)18/h3-6H,7-10H2,1-2H3/b4-3+. The van der Waals surface area contributed by atoms with Crippen LogP contribution in [0.4, 0.5) is 5.95 Å². The van der Waals surface area contributed by atoms with Gasteiger partial charge in [-0.25, -0.2) is 9.97 Å². The lowest BCUT2D eigenvalue weighted by atomic mass is 10.3. The van der Waals surface area contributed by atoms with Crippen molar-refractivity contribution in [2.45, 2.75) is 13.8 Å². The summed E-state index contributed by atoms with van der Waals surface area (Å²) in [5.74, 6) is 0.882. The molecule has 0 N–H and O–H groups in total. The molecule has 1 saturated heterocycles. The van der Waals surface area contributed by atoms with Gasteiger partial charge in [-0.1, -0.05) is 6.08 Å². The Morgan fingerprint density at radius 2 is 2.06 bits per heavy atom. The second-order valence-electron chi connectivity index (χ2n) is 4.27. The molecule has 0 aromatic carbocycles. The van der Waals surface area contributed by atoms with Crippen molar-refractivity contribution in [3.8, 4) is 0 Å². The molecule has 1 aromatic heterocycles. The number of carbonyl (C=O) groups excluding carboxylic acids is 1. The number of rotatable bonds is 2. The molecule has 18 heavy (non-hydrogen) atoms. The summed E-state index contributed by atoms with van der Waals surface area (Å²) in [5.41, 5.74) is 0.913. The highest BCUT2D eigenvalue weighted by molar-refractivity contribution is 5.73. The Bertz CT molecular complexity index is 450. The number of carbonyl (C=O) groups is 1. The van der Waals surface area contributed by atoms with Gasteiger partial charge in [-0.3, -0.25) is 4.79 Å². The Morgan fingerprint density at radius 3 is 2.67 bits per heavy atom. The fourth-order valence-corrected chi connectivity index (χ4v) is 2.00. The number of allylic oxidation sites excluding steroid dienone is 1. The molecule has 1 aliphatic rings. The monoisotopic (exact) mass is 246 g/mol. The van der Waals surface area contributed by atoms with Crippen LogP contribution in [0.1, 0.15) is 19.5 Å². The molecular formula is C13H18N4O. The first-order valence-corrected chi connectivity index (χ1v) is 6.17. The number of hydrogen-bond acceptors (Lipinski definition) is 4. The van der Waals surface area contributed by atoms with Gasteiger partial charge in [-0.05, 0) is 19.1 Å². The van der Waals surface area contributed by atoms with Crippen molar-refractivity contribution in [2.24, 2.45) is 0 Å². The second kappa shape index (κ2) is 5.62. The normalized spacial score (nSPS) is 16.3. The van der Waals surface area contributed by atoms with Crippen LogP contribution >= 0.6 is 0 Å². The zero-order valence-corrected chi connectivity index (χ0v) is 10.8. The van der Waals surface area contributed by atoms with Crippen LogP contribution in [-0.4, -0.2) is 47.0 Å². The molecule has 0 aliphatic carbocycles. The molecular weight excluding hydrogens is 228 g/mol. The van der Waals surface area contributed by atoms with Crippen molar-refractivity contribution in [2.75, 3.05) is 31.1 Å². The van der Waals surface area contributed by atoms with Gasteiger partial charge in [0.2, 0.25) is 11.9 Å². The Labute approximate surface area is 107 Å². The van der Waals surface area contributed by atoms with E-state index in [-0.39, 0.29) is 5.91 Å². The first-order chi connectivity index (χ1) is 8.70. The van der Waals surface area contributed by atoms with Crippen molar-refractivity contribution in [1.29, 1.82) is 0 Å². The number of aromatic nitrogens is 2. The summed E-state index contributed by atoms with van der Waals surface area (Å²) in [7, 11) is 0. The highest BCUT2D eigenvalue weighted by Crippen LogP contribution is 2.12. The molecule has 2 heterocycles. The number of nitrogens with zero attached hydrogens (tertiary/aromatic N) is 4. The van der Waals surface area contributed by atoms with E-state index in [4.69, 9.17) is 0 Å². The average Bonchev–Trinajstić information content (AvgIpc) is 2.39. The predicted octanol–water partition coefficient (Wildman–Crippen LogP) is 1.18. The van der Waals surface area contributed by atoms with E-state index >= 15 is 0 Å². The first kappa shape index (κ1) is 12.5. The maximum Gasteiger partial charge on any atom is 0.225 e. The highest BCUT2D eigenvalue weighted by Gasteiger charge is 2.20. The van der Waals surface area contributed by atoms with E-state index in [1.165, 1.54) is 0 Å². The summed E-state index contributed by atoms with van der Waals surface area (Å²) in [6.07, 6.45) is 5.69. The minimum atomic E-state index is 0.137. The summed E-state index contributed by atoms with van der Waals surface area (Å²) in [4.78, 5) is 24.0. The maximum absolute atomic E-state index is 11.2. The lowest BCUT2D eigenvalue weighted by molar-refractivity contribution is -0.129. The highest BCUT2D eigenvalue weighted by atomic mass is 16.2. The van der Waals surface area contributed by atoms with E-state index in [9.17, 15) is 4.79 Å². The largest absolute Gasteiger partial charge is 0.339 e. The lowest BCUT2D eigenvalue weighted by Gasteiger charge is -2.34. The van der Waals surface area contributed by atoms with E-state index in [0.717, 1.165) is 37.8 Å². The average molecular weight is 246 g/mol. The number of piperazine rings is 1. The molecule has 0 bridgehead atoms. The van der Waals surface area contributed by atoms with Gasteiger partial charge in [-0.15, -0.1) is 0 Å². The molecule has 0 radical (unpaired) electrons. The van der Waals surface area contributed by atoms with Crippen molar-refractivity contribution >= 4 is 17.9 Å². The Morgan fingerprint density at radius 1 is 1.33 bits per heavy atom. The van der Waals surface area contributed by atoms with Crippen LogP contribution in [0, 0.1) is 0 Å². The van der Waals surface area contributed by atoms with Gasteiger partial charge in [0.1, 0.15) is 0 Å². The quantitative estimate of drug-likeness (QED) is 0.786. The predicted molar refractivity (Wildman–Crippen MR) is 71.2 cm³/mol. The summed E-state index contributed by atoms with van der Waals surface area (Å²) >= 11 is 0. The molecule has 1 aliphatic heterocycles. The number of amides is 1. The molecule has 1 amide bonds. The fraction of sp³-hybridized carbons (Fsp3) is 0.462. The van der Waals surface area contributed by atoms with Gasteiger partial charge in [0.05, 0.1) is 5.69 Å². The molecule has 1 fully saturated rings. The summed E-state index contributed by atoms with van der Waals surface area (Å²) < 4.78 is 0. The summed E-state index contributed by atoms with van der Waals surface area (Å²) in [6, 6.07) is 1.88. The lowest BCUT2D eigenvalue weighted by Crippen LogP contribution is -2.48. The van der Waals surface area contributed by atoms with Crippen molar-refractivity contribution in [3.63, 3.8) is 0 Å². The molecule has 2 rings (SSSR count). The molecule has 96 valence electrons. The maximum atomic E-state index is 11.2. The van der Waals surface area contributed by atoms with Gasteiger partial charge >= 0.3 is 0 Å². The summed E-state index contributed by atoms with van der Waals surface area (Å²) in [6.45, 7) is 6.64. The number of hydrogen-bond donors (Lipinski definition) is 0. The van der Waals surface area contributed by atoms with Crippen molar-refractivity contribution in [3.05, 3.63) is 24.0 Å². The van der Waals surface area contributed by atoms with Crippen LogP contribution in [0.5, 0.6) is 0 Å². The van der Waals surface area contributed by atoms with Crippen LogP contribution in [0.2, 0.25) is 0 Å². The molecule has 1 aromatic rings. The molecule has 0 atom stereocenters. The zero-order chi connectivity index (χ0) is 13.0. The van der Waals surface area contributed by atoms with E-state index in [2.05, 4.69) is 14.9 Å². The third kappa shape index (κ3) is 2.85. The van der Waals surface area contributed by atoms with Gasteiger partial charge in [-0.2, -0.15) is 0 Å².